The molecule has 0 aliphatic rings. The summed E-state index contributed by atoms with van der Waals surface area (Å²) in [5.41, 5.74) is -0.0993. The monoisotopic (exact) mass is 446 g/mol. The highest BCUT2D eigenvalue weighted by molar-refractivity contribution is 6.33. The Bertz CT molecular complexity index is 1340. The molecule has 0 spiro atoms. The summed E-state index contributed by atoms with van der Waals surface area (Å²) in [5.74, 6) is 0.353. The van der Waals surface area contributed by atoms with Gasteiger partial charge in [0.15, 0.2) is 11.2 Å². The Morgan fingerprint density at radius 1 is 1.07 bits per heavy atom. The van der Waals surface area contributed by atoms with E-state index < -0.39 is 24.0 Å². The molecule has 8 nitrogen and oxygen atoms in total. The van der Waals surface area contributed by atoms with Gasteiger partial charge in [0.1, 0.15) is 5.82 Å². The largest absolute Gasteiger partial charge is 0.394 e. The summed E-state index contributed by atoms with van der Waals surface area (Å²) < 4.78 is 2.40. The first kappa shape index (κ1) is 20.4. The lowest BCUT2D eigenvalue weighted by atomic mass is 10.2. The molecule has 0 bridgehead atoms. The molecule has 0 radical (unpaired) electrons. The number of aliphatic hydroxyl groups excluding tert-OH is 2. The fourth-order valence-corrected chi connectivity index (χ4v) is 3.54. The number of nitrogens with zero attached hydrogens (tertiary/aromatic N) is 3. The van der Waals surface area contributed by atoms with Crippen molar-refractivity contribution in [3.63, 3.8) is 0 Å². The highest BCUT2D eigenvalue weighted by atomic mass is 35.5. The van der Waals surface area contributed by atoms with Gasteiger partial charge in [0.25, 0.3) is 5.56 Å². The van der Waals surface area contributed by atoms with Crippen LogP contribution in [0.5, 0.6) is 0 Å². The fourth-order valence-electron chi connectivity index (χ4n) is 3.19. The van der Waals surface area contributed by atoms with Gasteiger partial charge in [-0.1, -0.05) is 35.3 Å². The van der Waals surface area contributed by atoms with Crippen LogP contribution in [-0.4, -0.2) is 42.0 Å². The third-order valence-corrected chi connectivity index (χ3v) is 5.18. The summed E-state index contributed by atoms with van der Waals surface area (Å²) in [6.07, 6.45) is -1.27. The Morgan fingerprint density at radius 3 is 2.43 bits per heavy atom. The average molecular weight is 447 g/mol. The van der Waals surface area contributed by atoms with Crippen molar-refractivity contribution in [3.8, 4) is 17.1 Å². The molecule has 0 saturated carbocycles. The first-order valence-electron chi connectivity index (χ1n) is 8.96. The topological polar surface area (TPSA) is 113 Å². The minimum Gasteiger partial charge on any atom is -0.394 e. The molecule has 1 unspecified atom stereocenters. The van der Waals surface area contributed by atoms with Crippen LogP contribution in [0.1, 0.15) is 0 Å². The van der Waals surface area contributed by atoms with E-state index in [1.807, 2.05) is 0 Å². The van der Waals surface area contributed by atoms with Crippen LogP contribution in [-0.2, 0) is 6.54 Å². The van der Waals surface area contributed by atoms with Gasteiger partial charge >= 0.3 is 5.69 Å². The van der Waals surface area contributed by atoms with Crippen molar-refractivity contribution in [2.75, 3.05) is 6.61 Å². The zero-order valence-corrected chi connectivity index (χ0v) is 16.9. The molecule has 0 aliphatic carbocycles. The lowest BCUT2D eigenvalue weighted by molar-refractivity contribution is 0.0794. The molecule has 2 aromatic carbocycles. The summed E-state index contributed by atoms with van der Waals surface area (Å²) in [6, 6.07) is 13.8. The molecular weight excluding hydrogens is 431 g/mol. The van der Waals surface area contributed by atoms with Crippen molar-refractivity contribution >= 4 is 34.4 Å². The SMILES string of the molecule is O=c1[nH]c2nc(-c3ccccc3Cl)n(-c3ccc(Cl)cc3)c2c(=O)n1CC(O)CO. The standard InChI is InChI=1S/C20H16Cl2N4O4/c21-11-5-7-12(8-6-11)26-16-17(23-18(26)14-3-1-2-4-15(14)22)24-20(30)25(19(16)29)9-13(28)10-27/h1-8,13,27-28H,9-10H2,(H,24,30). The summed E-state index contributed by atoms with van der Waals surface area (Å²) in [4.78, 5) is 32.7. The van der Waals surface area contributed by atoms with Gasteiger partial charge in [-0.05, 0) is 36.4 Å². The van der Waals surface area contributed by atoms with Crippen LogP contribution < -0.4 is 11.2 Å². The molecule has 0 amide bonds. The number of hydrogen-bond donors (Lipinski definition) is 3. The molecule has 1 atom stereocenters. The Morgan fingerprint density at radius 2 is 1.77 bits per heavy atom. The second-order valence-corrected chi connectivity index (χ2v) is 7.45. The van der Waals surface area contributed by atoms with Gasteiger partial charge in [-0.2, -0.15) is 0 Å². The number of halogens is 2. The fraction of sp³-hybridized carbons (Fsp3) is 0.150. The van der Waals surface area contributed by atoms with Crippen molar-refractivity contribution in [2.45, 2.75) is 12.6 Å². The summed E-state index contributed by atoms with van der Waals surface area (Å²) in [5, 5.41) is 19.8. The molecule has 3 N–H and O–H groups in total. The molecule has 4 aromatic rings. The number of H-pyrrole nitrogens is 1. The van der Waals surface area contributed by atoms with Crippen molar-refractivity contribution in [2.24, 2.45) is 0 Å². The van der Waals surface area contributed by atoms with E-state index in [2.05, 4.69) is 9.97 Å². The average Bonchev–Trinajstić information content (AvgIpc) is 3.10. The number of hydrogen-bond acceptors (Lipinski definition) is 5. The van der Waals surface area contributed by atoms with Gasteiger partial charge in [0.2, 0.25) is 0 Å². The van der Waals surface area contributed by atoms with Crippen molar-refractivity contribution in [1.82, 2.24) is 19.1 Å². The Kier molecular flexibility index (Phi) is 5.48. The van der Waals surface area contributed by atoms with Crippen LogP contribution in [0.4, 0.5) is 0 Å². The normalized spacial score (nSPS) is 12.4. The predicted molar refractivity (Wildman–Crippen MR) is 114 cm³/mol. The maximum atomic E-state index is 13.2. The second-order valence-electron chi connectivity index (χ2n) is 6.61. The Labute approximate surface area is 179 Å². The number of rotatable bonds is 5. The molecule has 0 saturated heterocycles. The second kappa shape index (κ2) is 8.08. The van der Waals surface area contributed by atoms with Crippen LogP contribution in [0.2, 0.25) is 10.0 Å². The molecule has 4 rings (SSSR count). The number of imidazole rings is 1. The van der Waals surface area contributed by atoms with E-state index in [1.54, 1.807) is 53.1 Å². The Hall–Kier alpha value is -2.91. The number of benzene rings is 2. The third-order valence-electron chi connectivity index (χ3n) is 4.60. The molecular formula is C20H16Cl2N4O4. The van der Waals surface area contributed by atoms with Gasteiger partial charge < -0.3 is 10.2 Å². The first-order valence-corrected chi connectivity index (χ1v) is 9.71. The van der Waals surface area contributed by atoms with E-state index in [-0.39, 0.29) is 17.7 Å². The molecule has 154 valence electrons. The van der Waals surface area contributed by atoms with E-state index in [9.17, 15) is 14.7 Å². The van der Waals surface area contributed by atoms with Crippen molar-refractivity contribution < 1.29 is 10.2 Å². The van der Waals surface area contributed by atoms with E-state index in [1.165, 1.54) is 0 Å². The molecule has 30 heavy (non-hydrogen) atoms. The molecule has 10 heteroatoms. The van der Waals surface area contributed by atoms with E-state index in [4.69, 9.17) is 28.3 Å². The van der Waals surface area contributed by atoms with Crippen LogP contribution >= 0.6 is 23.2 Å². The zero-order valence-electron chi connectivity index (χ0n) is 15.4. The predicted octanol–water partition coefficient (Wildman–Crippen LogP) is 2.20. The smallest absolute Gasteiger partial charge is 0.330 e. The lowest BCUT2D eigenvalue weighted by Gasteiger charge is -2.12. The van der Waals surface area contributed by atoms with Gasteiger partial charge in [-0.15, -0.1) is 0 Å². The molecule has 2 aromatic heterocycles. The highest BCUT2D eigenvalue weighted by Gasteiger charge is 2.22. The Balaban J connectivity index is 2.10. The maximum absolute atomic E-state index is 13.2. The van der Waals surface area contributed by atoms with E-state index in [0.717, 1.165) is 4.57 Å². The van der Waals surface area contributed by atoms with Gasteiger partial charge in [0.05, 0.1) is 24.3 Å². The lowest BCUT2D eigenvalue weighted by Crippen LogP contribution is -2.39. The van der Waals surface area contributed by atoms with E-state index >= 15 is 0 Å². The van der Waals surface area contributed by atoms with Crippen molar-refractivity contribution in [1.29, 1.82) is 0 Å². The number of aromatic amines is 1. The van der Waals surface area contributed by atoms with Crippen LogP contribution in [0, 0.1) is 0 Å². The first-order chi connectivity index (χ1) is 14.4. The number of aromatic nitrogens is 4. The van der Waals surface area contributed by atoms with Gasteiger partial charge in [0, 0.05) is 16.3 Å². The zero-order chi connectivity index (χ0) is 21.4. The minimum absolute atomic E-state index is 0.0737. The van der Waals surface area contributed by atoms with Crippen LogP contribution in [0.3, 0.4) is 0 Å². The molecule has 2 heterocycles. The van der Waals surface area contributed by atoms with Crippen LogP contribution in [0.25, 0.3) is 28.2 Å². The van der Waals surface area contributed by atoms with Crippen LogP contribution in [0.15, 0.2) is 58.1 Å². The number of aliphatic hydroxyl groups is 2. The molecule has 0 fully saturated rings. The molecule has 0 aliphatic heterocycles. The number of fused-ring (bicyclic) bond motifs is 1. The number of nitrogens with one attached hydrogen (secondary N) is 1. The van der Waals surface area contributed by atoms with Gasteiger partial charge in [-0.25, -0.2) is 9.78 Å². The van der Waals surface area contributed by atoms with Crippen molar-refractivity contribution in [3.05, 3.63) is 79.4 Å². The highest BCUT2D eigenvalue weighted by Crippen LogP contribution is 2.31. The quantitative estimate of drug-likeness (QED) is 0.434. The maximum Gasteiger partial charge on any atom is 0.330 e. The minimum atomic E-state index is -1.27. The third kappa shape index (κ3) is 3.54. The summed E-state index contributed by atoms with van der Waals surface area (Å²) >= 11 is 12.4. The van der Waals surface area contributed by atoms with E-state index in [0.29, 0.717) is 27.1 Å². The van der Waals surface area contributed by atoms with Gasteiger partial charge in [-0.3, -0.25) is 18.9 Å². The summed E-state index contributed by atoms with van der Waals surface area (Å²) in [7, 11) is 0. The summed E-state index contributed by atoms with van der Waals surface area (Å²) in [6.45, 7) is -0.959.